The number of hydrogen-bond donors (Lipinski definition) is 2. The molecule has 4 rings (SSSR count). The molecule has 2 N–H and O–H groups in total. The third-order valence-corrected chi connectivity index (χ3v) is 6.33. The van der Waals surface area contributed by atoms with Crippen LogP contribution in [0.3, 0.4) is 0 Å². The fraction of sp³-hybridized carbons (Fsp3) is 0.333. The molecule has 8 heteroatoms. The number of amides is 2. The molecule has 1 aliphatic rings. The van der Waals surface area contributed by atoms with E-state index in [0.29, 0.717) is 15.8 Å². The zero-order valence-electron chi connectivity index (χ0n) is 15.9. The molecule has 150 valence electrons. The van der Waals surface area contributed by atoms with Gasteiger partial charge in [0.1, 0.15) is 6.54 Å². The highest BCUT2D eigenvalue weighted by Crippen LogP contribution is 2.28. The van der Waals surface area contributed by atoms with Crippen LogP contribution in [0.15, 0.2) is 41.3 Å². The van der Waals surface area contributed by atoms with Crippen LogP contribution in [0, 0.1) is 0 Å². The summed E-state index contributed by atoms with van der Waals surface area (Å²) in [6, 6.07) is 8.92. The van der Waals surface area contributed by atoms with Gasteiger partial charge in [-0.25, -0.2) is 0 Å². The van der Waals surface area contributed by atoms with Crippen LogP contribution < -0.4 is 16.3 Å². The van der Waals surface area contributed by atoms with Crippen molar-refractivity contribution < 1.29 is 9.59 Å². The molecule has 3 aromatic rings. The normalized spacial score (nSPS) is 13.9. The third kappa shape index (κ3) is 4.37. The summed E-state index contributed by atoms with van der Waals surface area (Å²) in [7, 11) is 0. The Morgan fingerprint density at radius 3 is 2.72 bits per heavy atom. The van der Waals surface area contributed by atoms with Crippen LogP contribution >= 0.6 is 11.3 Å². The first-order valence-electron chi connectivity index (χ1n) is 9.77. The highest BCUT2D eigenvalue weighted by molar-refractivity contribution is 7.14. The van der Waals surface area contributed by atoms with Crippen molar-refractivity contribution in [3.63, 3.8) is 0 Å². The molecule has 29 heavy (non-hydrogen) atoms. The molecule has 1 aliphatic carbocycles. The van der Waals surface area contributed by atoms with Crippen molar-refractivity contribution in [2.24, 2.45) is 0 Å². The van der Waals surface area contributed by atoms with Crippen LogP contribution in [-0.2, 0) is 24.2 Å². The average molecular weight is 410 g/mol. The van der Waals surface area contributed by atoms with E-state index in [1.54, 1.807) is 24.3 Å². The molecular weight excluding hydrogens is 388 g/mol. The lowest BCUT2D eigenvalue weighted by Crippen LogP contribution is -2.43. The number of hydrazine groups is 1. The van der Waals surface area contributed by atoms with Gasteiger partial charge in [0.15, 0.2) is 0 Å². The Balaban J connectivity index is 1.40. The third-order valence-electron chi connectivity index (χ3n) is 5.09. The Kier molecular flexibility index (Phi) is 5.71. The molecule has 0 atom stereocenters. The molecule has 2 aromatic heterocycles. The van der Waals surface area contributed by atoms with E-state index in [4.69, 9.17) is 0 Å². The minimum atomic E-state index is -0.422. The lowest BCUT2D eigenvalue weighted by atomic mass is 10.00. The fourth-order valence-electron chi connectivity index (χ4n) is 3.61. The number of hydrogen-bond acceptors (Lipinski definition) is 5. The van der Waals surface area contributed by atoms with E-state index in [9.17, 15) is 14.4 Å². The van der Waals surface area contributed by atoms with Gasteiger partial charge in [-0.3, -0.25) is 29.9 Å². The van der Waals surface area contributed by atoms with Gasteiger partial charge in [-0.05, 0) is 49.4 Å². The van der Waals surface area contributed by atoms with E-state index in [-0.39, 0.29) is 17.9 Å². The number of carbonyl (C=O) groups is 2. The summed E-state index contributed by atoms with van der Waals surface area (Å²) < 4.78 is 1.44. The molecule has 2 amide bonds. The summed E-state index contributed by atoms with van der Waals surface area (Å²) in [6.07, 6.45) is 8.01. The molecule has 1 aromatic carbocycles. The van der Waals surface area contributed by atoms with Gasteiger partial charge < -0.3 is 0 Å². The van der Waals surface area contributed by atoms with E-state index in [2.05, 4.69) is 16.0 Å². The van der Waals surface area contributed by atoms with Gasteiger partial charge in [-0.15, -0.1) is 11.3 Å². The average Bonchev–Trinajstić information content (AvgIpc) is 3.10. The summed E-state index contributed by atoms with van der Waals surface area (Å²) in [4.78, 5) is 38.6. The van der Waals surface area contributed by atoms with Crippen LogP contribution in [-0.4, -0.2) is 21.6 Å². The quantitative estimate of drug-likeness (QED) is 0.649. The molecule has 2 heterocycles. The zero-order valence-corrected chi connectivity index (χ0v) is 16.8. The summed E-state index contributed by atoms with van der Waals surface area (Å²) in [5.74, 6) is -0.734. The highest BCUT2D eigenvalue weighted by Gasteiger charge is 2.16. The van der Waals surface area contributed by atoms with Gasteiger partial charge in [0, 0.05) is 10.3 Å². The maximum Gasteiger partial charge on any atom is 0.279 e. The second kappa shape index (κ2) is 8.57. The maximum absolute atomic E-state index is 12.5. The van der Waals surface area contributed by atoms with Gasteiger partial charge in [0.2, 0.25) is 5.43 Å². The molecule has 0 bridgehead atoms. The molecule has 7 nitrogen and oxygen atoms in total. The minimum absolute atomic E-state index is 0.109. The molecular formula is C21H22N4O3S. The number of rotatable bonds is 3. The standard InChI is InChI=1S/C21H22N4O3S/c26-17-12-22-25(16-9-6-5-8-15(16)17)13-20(27)23-24-21(28)19-11-14-7-3-1-2-4-10-18(14)29-19/h5-6,8-9,11-12H,1-4,7,10,13H2,(H,23,27)(H,24,28). The van der Waals surface area contributed by atoms with Crippen LogP contribution in [0.1, 0.15) is 45.8 Å². The largest absolute Gasteiger partial charge is 0.287 e. The van der Waals surface area contributed by atoms with Crippen molar-refractivity contribution in [1.82, 2.24) is 20.6 Å². The number of fused-ring (bicyclic) bond motifs is 2. The number of para-hydroxylation sites is 1. The molecule has 0 saturated carbocycles. The zero-order chi connectivity index (χ0) is 20.2. The van der Waals surface area contributed by atoms with Crippen LogP contribution in [0.4, 0.5) is 0 Å². The molecule has 0 fully saturated rings. The van der Waals surface area contributed by atoms with E-state index in [0.717, 1.165) is 25.7 Å². The SMILES string of the molecule is O=C(Cn1ncc(=O)c2ccccc21)NNC(=O)c1cc2c(s1)CCCCCC2. The summed E-state index contributed by atoms with van der Waals surface area (Å²) in [5.41, 5.74) is 6.56. The monoisotopic (exact) mass is 410 g/mol. The number of nitrogens with zero attached hydrogens (tertiary/aromatic N) is 2. The van der Waals surface area contributed by atoms with Crippen molar-refractivity contribution in [1.29, 1.82) is 0 Å². The van der Waals surface area contributed by atoms with Gasteiger partial charge in [0.25, 0.3) is 11.8 Å². The molecule has 0 saturated heterocycles. The molecule has 0 aliphatic heterocycles. The predicted octanol–water partition coefficient (Wildman–Crippen LogP) is 2.58. The second-order valence-corrected chi connectivity index (χ2v) is 8.30. The predicted molar refractivity (Wildman–Crippen MR) is 112 cm³/mol. The minimum Gasteiger partial charge on any atom is -0.287 e. The Bertz CT molecular complexity index is 1090. The Labute approximate surface area is 171 Å². The molecule has 0 spiro atoms. The first kappa shape index (κ1) is 19.3. The molecule has 0 radical (unpaired) electrons. The van der Waals surface area contributed by atoms with E-state index in [1.165, 1.54) is 45.5 Å². The topological polar surface area (TPSA) is 93.1 Å². The van der Waals surface area contributed by atoms with Gasteiger partial charge >= 0.3 is 0 Å². The van der Waals surface area contributed by atoms with Crippen molar-refractivity contribution in [2.75, 3.05) is 0 Å². The smallest absolute Gasteiger partial charge is 0.279 e. The van der Waals surface area contributed by atoms with Gasteiger partial charge in [-0.1, -0.05) is 25.0 Å². The Hall–Kier alpha value is -3.00. The summed E-state index contributed by atoms with van der Waals surface area (Å²) in [6.45, 7) is -0.109. The Morgan fingerprint density at radius 1 is 1.07 bits per heavy atom. The number of nitrogens with one attached hydrogen (secondary N) is 2. The first-order chi connectivity index (χ1) is 14.1. The lowest BCUT2D eigenvalue weighted by Gasteiger charge is -2.10. The van der Waals surface area contributed by atoms with E-state index in [1.807, 2.05) is 6.07 Å². The lowest BCUT2D eigenvalue weighted by molar-refractivity contribution is -0.122. The van der Waals surface area contributed by atoms with Crippen molar-refractivity contribution in [2.45, 2.75) is 45.1 Å². The number of thiophene rings is 1. The van der Waals surface area contributed by atoms with Crippen LogP contribution in [0.2, 0.25) is 0 Å². The summed E-state index contributed by atoms with van der Waals surface area (Å²) in [5, 5.41) is 4.52. The number of carbonyl (C=O) groups excluding carboxylic acids is 2. The number of benzene rings is 1. The number of aromatic nitrogens is 2. The van der Waals surface area contributed by atoms with Crippen molar-refractivity contribution in [3.05, 3.63) is 62.1 Å². The first-order valence-corrected chi connectivity index (χ1v) is 10.6. The number of aryl methyl sites for hydroxylation is 2. The second-order valence-electron chi connectivity index (χ2n) is 7.16. The highest BCUT2D eigenvalue weighted by atomic mass is 32.1. The van der Waals surface area contributed by atoms with Gasteiger partial charge in [-0.2, -0.15) is 5.10 Å². The molecule has 0 unspecified atom stereocenters. The van der Waals surface area contributed by atoms with Crippen molar-refractivity contribution in [3.8, 4) is 0 Å². The maximum atomic E-state index is 12.5. The Morgan fingerprint density at radius 2 is 1.86 bits per heavy atom. The van der Waals surface area contributed by atoms with Gasteiger partial charge in [0.05, 0.1) is 16.6 Å². The van der Waals surface area contributed by atoms with E-state index >= 15 is 0 Å². The fourth-order valence-corrected chi connectivity index (χ4v) is 4.76. The van der Waals surface area contributed by atoms with E-state index < -0.39 is 5.91 Å². The van der Waals surface area contributed by atoms with Crippen molar-refractivity contribution >= 4 is 34.1 Å². The van der Waals surface area contributed by atoms with Crippen LogP contribution in [0.25, 0.3) is 10.9 Å². The van der Waals surface area contributed by atoms with Crippen LogP contribution in [0.5, 0.6) is 0 Å². The summed E-state index contributed by atoms with van der Waals surface area (Å²) >= 11 is 1.51.